The molecule has 13 nitrogen and oxygen atoms in total. The number of rotatable bonds is 2. The summed E-state index contributed by atoms with van der Waals surface area (Å²) in [5, 5.41) is 19.3. The number of nitrogens with zero attached hydrogens (tertiary/aromatic N) is 2. The Morgan fingerprint density at radius 2 is 0.829 bits per heavy atom. The molecule has 1 N–H and O–H groups in total. The van der Waals surface area contributed by atoms with E-state index in [2.05, 4.69) is 10.2 Å². The van der Waals surface area contributed by atoms with Crippen LogP contribution in [0, 0.1) is 0 Å². The van der Waals surface area contributed by atoms with E-state index in [0.29, 0.717) is 121 Å². The third-order valence-electron chi connectivity index (χ3n) is 5.65. The van der Waals surface area contributed by atoms with Gasteiger partial charge in [-0.05, 0) is 12.1 Å². The lowest BCUT2D eigenvalue weighted by Crippen LogP contribution is -2.13. The second-order valence-corrected chi connectivity index (χ2v) is 8.69. The zero-order valence-electron chi connectivity index (χ0n) is 23.1. The van der Waals surface area contributed by atoms with Gasteiger partial charge in [-0.15, -0.1) is 0 Å². The maximum Gasteiger partial charge on any atom is 0.203 e. The van der Waals surface area contributed by atoms with Crippen molar-refractivity contribution in [2.75, 3.05) is 106 Å². The summed E-state index contributed by atoms with van der Waals surface area (Å²) in [6.45, 7) is 6.42. The minimum atomic E-state index is -0.130. The van der Waals surface area contributed by atoms with Gasteiger partial charge in [0.2, 0.25) is 5.75 Å². The lowest BCUT2D eigenvalue weighted by molar-refractivity contribution is 0.00704. The molecule has 0 saturated heterocycles. The van der Waals surface area contributed by atoms with E-state index < -0.39 is 0 Å². The molecule has 0 bridgehead atoms. The van der Waals surface area contributed by atoms with Crippen LogP contribution in [0.15, 0.2) is 40.6 Å². The molecular formula is C28H38N2O11. The largest absolute Gasteiger partial charge is 0.504 e. The smallest absolute Gasteiger partial charge is 0.203 e. The molecule has 0 radical (unpaired) electrons. The number of aromatic hydroxyl groups is 1. The predicted octanol–water partition coefficient (Wildman–Crippen LogP) is 3.45. The average Bonchev–Trinajstić information content (AvgIpc) is 2.99. The number of ether oxygens (including phenoxy) is 10. The number of phenols is 1. The Hall–Kier alpha value is -3.20. The van der Waals surface area contributed by atoms with Crippen molar-refractivity contribution in [2.24, 2.45) is 10.2 Å². The average molecular weight is 579 g/mol. The van der Waals surface area contributed by atoms with Crippen molar-refractivity contribution in [1.29, 1.82) is 0 Å². The van der Waals surface area contributed by atoms with Gasteiger partial charge in [0, 0.05) is 18.2 Å². The summed E-state index contributed by atoms with van der Waals surface area (Å²) in [7, 11) is 0. The van der Waals surface area contributed by atoms with Crippen LogP contribution in [0.2, 0.25) is 0 Å². The lowest BCUT2D eigenvalue weighted by Gasteiger charge is -2.15. The first-order valence-corrected chi connectivity index (χ1v) is 13.7. The van der Waals surface area contributed by atoms with E-state index in [9.17, 15) is 5.11 Å². The van der Waals surface area contributed by atoms with E-state index in [-0.39, 0.29) is 24.7 Å². The molecule has 2 heterocycles. The quantitative estimate of drug-likeness (QED) is 0.525. The number of azo groups is 1. The van der Waals surface area contributed by atoms with Crippen molar-refractivity contribution in [3.8, 4) is 28.7 Å². The van der Waals surface area contributed by atoms with Gasteiger partial charge in [0.25, 0.3) is 0 Å². The van der Waals surface area contributed by atoms with Crippen LogP contribution >= 0.6 is 0 Å². The first-order chi connectivity index (χ1) is 20.3. The molecule has 0 aromatic heterocycles. The van der Waals surface area contributed by atoms with Gasteiger partial charge in [-0.2, -0.15) is 10.2 Å². The summed E-state index contributed by atoms with van der Waals surface area (Å²) in [5.74, 6) is 1.45. The first kappa shape index (κ1) is 30.8. The van der Waals surface area contributed by atoms with Crippen LogP contribution in [0.1, 0.15) is 0 Å². The predicted molar refractivity (Wildman–Crippen MR) is 146 cm³/mol. The van der Waals surface area contributed by atoms with Crippen molar-refractivity contribution in [3.63, 3.8) is 0 Å². The highest BCUT2D eigenvalue weighted by Crippen LogP contribution is 2.41. The molecule has 0 fully saturated rings. The SMILES string of the molecule is Oc1cc(N=Nc2ccc3c(c2)OCCOCCOCCOCCO3)cc2c1OCCOCCOCCOCCO2. The number of fused-ring (bicyclic) bond motifs is 2. The van der Waals surface area contributed by atoms with Gasteiger partial charge in [-0.3, -0.25) is 0 Å². The Morgan fingerprint density at radius 3 is 1.39 bits per heavy atom. The van der Waals surface area contributed by atoms with Crippen LogP contribution in [-0.2, 0) is 28.4 Å². The Labute approximate surface area is 239 Å². The summed E-state index contributed by atoms with van der Waals surface area (Å²) in [6.07, 6.45) is 0. The van der Waals surface area contributed by atoms with Crippen LogP contribution in [0.3, 0.4) is 0 Å². The van der Waals surface area contributed by atoms with Crippen molar-refractivity contribution >= 4 is 11.4 Å². The molecular weight excluding hydrogens is 540 g/mol. The van der Waals surface area contributed by atoms with Crippen molar-refractivity contribution in [3.05, 3.63) is 30.3 Å². The van der Waals surface area contributed by atoms with Crippen LogP contribution in [0.4, 0.5) is 11.4 Å². The Balaban J connectivity index is 1.45. The summed E-state index contributed by atoms with van der Waals surface area (Å²) in [5.41, 5.74) is 0.894. The minimum absolute atomic E-state index is 0.130. The maximum absolute atomic E-state index is 10.7. The molecule has 4 rings (SSSR count). The van der Waals surface area contributed by atoms with Crippen LogP contribution in [0.5, 0.6) is 28.7 Å². The Bertz CT molecular complexity index is 1070. The standard InChI is InChI=1S/C28H38N2O11/c31-24-19-23(21-27-28(24)41-18-14-37-10-6-33-5-9-36-13-17-40-27)30-29-22-1-2-25-26(20-22)39-16-12-35-8-4-32-3-7-34-11-15-38-25/h1-2,19-21,31H,3-18H2. The molecule has 2 aliphatic heterocycles. The molecule has 2 aliphatic rings. The van der Waals surface area contributed by atoms with Crippen molar-refractivity contribution < 1.29 is 52.5 Å². The van der Waals surface area contributed by atoms with E-state index in [4.69, 9.17) is 47.4 Å². The third kappa shape index (κ3) is 11.3. The molecule has 2 aromatic carbocycles. The highest BCUT2D eigenvalue weighted by molar-refractivity contribution is 5.60. The normalized spacial score (nSPS) is 19.3. The fraction of sp³-hybridized carbons (Fsp3) is 0.571. The third-order valence-corrected chi connectivity index (χ3v) is 5.65. The number of hydrogen-bond acceptors (Lipinski definition) is 13. The van der Waals surface area contributed by atoms with Gasteiger partial charge in [0.05, 0.1) is 90.7 Å². The topological polar surface area (TPSA) is 137 Å². The zero-order valence-corrected chi connectivity index (χ0v) is 23.1. The van der Waals surface area contributed by atoms with E-state index in [1.165, 1.54) is 6.07 Å². The highest BCUT2D eigenvalue weighted by atomic mass is 16.6. The van der Waals surface area contributed by atoms with Gasteiger partial charge in [-0.1, -0.05) is 0 Å². The van der Waals surface area contributed by atoms with Gasteiger partial charge in [0.15, 0.2) is 23.0 Å². The maximum atomic E-state index is 10.7. The van der Waals surface area contributed by atoms with E-state index in [1.54, 1.807) is 24.3 Å². The highest BCUT2D eigenvalue weighted by Gasteiger charge is 2.15. The molecule has 0 amide bonds. The molecule has 0 atom stereocenters. The lowest BCUT2D eigenvalue weighted by atomic mass is 10.2. The first-order valence-electron chi connectivity index (χ1n) is 13.7. The monoisotopic (exact) mass is 578 g/mol. The summed E-state index contributed by atoms with van der Waals surface area (Å²) in [6, 6.07) is 8.34. The molecule has 0 unspecified atom stereocenters. The fourth-order valence-corrected chi connectivity index (χ4v) is 3.71. The Morgan fingerprint density at radius 1 is 0.415 bits per heavy atom. The minimum Gasteiger partial charge on any atom is -0.504 e. The molecule has 2 aromatic rings. The number of benzene rings is 2. The van der Waals surface area contributed by atoms with E-state index in [0.717, 1.165) is 0 Å². The number of hydrogen-bond donors (Lipinski definition) is 1. The zero-order chi connectivity index (χ0) is 28.4. The van der Waals surface area contributed by atoms with Crippen LogP contribution < -0.4 is 18.9 Å². The molecule has 0 saturated carbocycles. The Kier molecular flexibility index (Phi) is 13.7. The van der Waals surface area contributed by atoms with Crippen LogP contribution in [0.25, 0.3) is 0 Å². The molecule has 0 aliphatic carbocycles. The van der Waals surface area contributed by atoms with Gasteiger partial charge < -0.3 is 52.5 Å². The van der Waals surface area contributed by atoms with Gasteiger partial charge >= 0.3 is 0 Å². The molecule has 0 spiro atoms. The fourth-order valence-electron chi connectivity index (χ4n) is 3.71. The summed E-state index contributed by atoms with van der Waals surface area (Å²) < 4.78 is 56.3. The van der Waals surface area contributed by atoms with Crippen LogP contribution in [-0.4, -0.2) is 111 Å². The number of phenolic OH excluding ortho intramolecular Hbond substituents is 1. The summed E-state index contributed by atoms with van der Waals surface area (Å²) in [4.78, 5) is 0. The van der Waals surface area contributed by atoms with E-state index in [1.807, 2.05) is 0 Å². The second kappa shape index (κ2) is 18.3. The summed E-state index contributed by atoms with van der Waals surface area (Å²) >= 11 is 0. The van der Waals surface area contributed by atoms with Gasteiger partial charge in [-0.25, -0.2) is 0 Å². The molecule has 41 heavy (non-hydrogen) atoms. The molecule has 13 heteroatoms. The van der Waals surface area contributed by atoms with Crippen molar-refractivity contribution in [1.82, 2.24) is 0 Å². The second-order valence-electron chi connectivity index (χ2n) is 8.69. The van der Waals surface area contributed by atoms with E-state index >= 15 is 0 Å². The molecule has 226 valence electrons. The van der Waals surface area contributed by atoms with Crippen molar-refractivity contribution in [2.45, 2.75) is 0 Å². The van der Waals surface area contributed by atoms with Gasteiger partial charge in [0.1, 0.15) is 26.4 Å².